The molecule has 0 aromatic heterocycles. The third-order valence-electron chi connectivity index (χ3n) is 4.66. The lowest BCUT2D eigenvalue weighted by molar-refractivity contribution is -0.138. The molecule has 0 radical (unpaired) electrons. The lowest BCUT2D eigenvalue weighted by Crippen LogP contribution is -2.22. The first-order valence-corrected chi connectivity index (χ1v) is 9.46. The van der Waals surface area contributed by atoms with Gasteiger partial charge in [0.25, 0.3) is 0 Å². The molecule has 140 valence electrons. The molecule has 0 N–H and O–H groups in total. The molecule has 0 atom stereocenters. The number of ether oxygens (including phenoxy) is 1. The van der Waals surface area contributed by atoms with Gasteiger partial charge in [0.1, 0.15) is 0 Å². The highest BCUT2D eigenvalue weighted by atomic mass is 16.5. The van der Waals surface area contributed by atoms with Crippen molar-refractivity contribution in [2.24, 2.45) is 5.10 Å². The lowest BCUT2D eigenvalue weighted by atomic mass is 9.91. The van der Waals surface area contributed by atoms with Crippen LogP contribution in [0.4, 0.5) is 5.69 Å². The quantitative estimate of drug-likeness (QED) is 0.529. The Morgan fingerprint density at radius 1 is 1.04 bits per heavy atom. The first-order valence-electron chi connectivity index (χ1n) is 9.46. The van der Waals surface area contributed by atoms with Crippen molar-refractivity contribution in [3.8, 4) is 0 Å². The Morgan fingerprint density at radius 3 is 2.33 bits per heavy atom. The van der Waals surface area contributed by atoms with Crippen molar-refractivity contribution in [3.05, 3.63) is 77.4 Å². The molecule has 0 saturated carbocycles. The smallest absolute Gasteiger partial charge is 0.333 e. The largest absolute Gasteiger partial charge is 0.463 e. The van der Waals surface area contributed by atoms with E-state index in [2.05, 4.69) is 24.3 Å². The topological polar surface area (TPSA) is 41.9 Å². The van der Waals surface area contributed by atoms with Crippen LogP contribution in [0.3, 0.4) is 0 Å². The number of hydrogen-bond acceptors (Lipinski definition) is 4. The fourth-order valence-corrected chi connectivity index (χ4v) is 3.28. The Kier molecular flexibility index (Phi) is 6.42. The van der Waals surface area contributed by atoms with Gasteiger partial charge in [-0.05, 0) is 44.4 Å². The first kappa shape index (κ1) is 18.9. The van der Waals surface area contributed by atoms with E-state index in [1.165, 1.54) is 5.56 Å². The van der Waals surface area contributed by atoms with Gasteiger partial charge in [0.15, 0.2) is 0 Å². The monoisotopic (exact) mass is 362 g/mol. The van der Waals surface area contributed by atoms with E-state index in [0.717, 1.165) is 29.0 Å². The van der Waals surface area contributed by atoms with Gasteiger partial charge in [-0.3, -0.25) is 5.01 Å². The van der Waals surface area contributed by atoms with Gasteiger partial charge in [-0.1, -0.05) is 54.1 Å². The summed E-state index contributed by atoms with van der Waals surface area (Å²) >= 11 is 0. The van der Waals surface area contributed by atoms with Crippen molar-refractivity contribution in [2.45, 2.75) is 39.7 Å². The third-order valence-corrected chi connectivity index (χ3v) is 4.66. The summed E-state index contributed by atoms with van der Waals surface area (Å²) in [5.41, 5.74) is 5.24. The molecule has 0 heterocycles. The maximum atomic E-state index is 12.1. The molecule has 0 bridgehead atoms. The van der Waals surface area contributed by atoms with Crippen molar-refractivity contribution < 1.29 is 9.53 Å². The second-order valence-electron chi connectivity index (χ2n) is 6.70. The molecule has 2 aromatic rings. The van der Waals surface area contributed by atoms with Crippen molar-refractivity contribution >= 4 is 17.4 Å². The number of hydrogen-bond donors (Lipinski definition) is 0. The normalized spacial score (nSPS) is 15.7. The number of para-hydroxylation sites is 1. The molecular formula is C23H26N2O2. The van der Waals surface area contributed by atoms with Crippen LogP contribution in [0.1, 0.15) is 38.7 Å². The average Bonchev–Trinajstić information content (AvgIpc) is 2.69. The molecule has 1 aliphatic carbocycles. The second kappa shape index (κ2) is 9.17. The van der Waals surface area contributed by atoms with Crippen LogP contribution in [0.5, 0.6) is 0 Å². The van der Waals surface area contributed by atoms with Crippen LogP contribution in [0.2, 0.25) is 0 Å². The molecule has 0 saturated heterocycles. The van der Waals surface area contributed by atoms with Crippen molar-refractivity contribution in [3.63, 3.8) is 0 Å². The fourth-order valence-electron chi connectivity index (χ4n) is 3.28. The zero-order valence-electron chi connectivity index (χ0n) is 16.0. The van der Waals surface area contributed by atoms with E-state index < -0.39 is 0 Å². The fraction of sp³-hybridized carbons (Fsp3) is 0.304. The van der Waals surface area contributed by atoms with Crippen molar-refractivity contribution in [2.75, 3.05) is 11.6 Å². The van der Waals surface area contributed by atoms with E-state index in [0.29, 0.717) is 26.0 Å². The van der Waals surface area contributed by atoms with E-state index >= 15 is 0 Å². The predicted molar refractivity (Wildman–Crippen MR) is 110 cm³/mol. The Labute approximate surface area is 161 Å². The maximum absolute atomic E-state index is 12.1. The molecule has 0 aliphatic heterocycles. The van der Waals surface area contributed by atoms with E-state index in [1.54, 1.807) is 0 Å². The maximum Gasteiger partial charge on any atom is 0.333 e. The molecule has 1 aliphatic rings. The molecule has 0 unspecified atom stereocenters. The molecule has 0 amide bonds. The van der Waals surface area contributed by atoms with Crippen molar-refractivity contribution in [1.82, 2.24) is 0 Å². The zero-order chi connectivity index (χ0) is 19.1. The van der Waals surface area contributed by atoms with Gasteiger partial charge in [0.05, 0.1) is 18.8 Å². The standard InChI is InChI=1S/C23H26N2O2/c1-3-27-23(26)22-15-14-20(16-18(22)2)24-25(21-12-8-5-9-13-21)17-19-10-6-4-7-11-19/h4-13H,3,14-17H2,1-2H3. The molecular weight excluding hydrogens is 336 g/mol. The van der Waals surface area contributed by atoms with Crippen LogP contribution in [-0.2, 0) is 16.1 Å². The van der Waals surface area contributed by atoms with Gasteiger partial charge in [-0.2, -0.15) is 5.10 Å². The first-order chi connectivity index (χ1) is 13.2. The van der Waals surface area contributed by atoms with Crippen LogP contribution in [-0.4, -0.2) is 18.3 Å². The summed E-state index contributed by atoms with van der Waals surface area (Å²) in [5, 5.41) is 7.00. The van der Waals surface area contributed by atoms with Gasteiger partial charge < -0.3 is 4.74 Å². The van der Waals surface area contributed by atoms with E-state index in [1.807, 2.05) is 55.3 Å². The minimum Gasteiger partial charge on any atom is -0.463 e. The summed E-state index contributed by atoms with van der Waals surface area (Å²) in [6, 6.07) is 20.5. The molecule has 0 fully saturated rings. The van der Waals surface area contributed by atoms with Gasteiger partial charge >= 0.3 is 5.97 Å². The number of rotatable bonds is 6. The number of nitrogens with zero attached hydrogens (tertiary/aromatic N) is 2. The Hall–Kier alpha value is -2.88. The summed E-state index contributed by atoms with van der Waals surface area (Å²) < 4.78 is 5.17. The van der Waals surface area contributed by atoms with Crippen LogP contribution in [0, 0.1) is 0 Å². The number of anilines is 1. The highest BCUT2D eigenvalue weighted by Gasteiger charge is 2.21. The zero-order valence-corrected chi connectivity index (χ0v) is 16.0. The molecule has 27 heavy (non-hydrogen) atoms. The molecule has 0 spiro atoms. The molecule has 4 heteroatoms. The SMILES string of the molecule is CCOC(=O)C1=C(C)CC(=NN(Cc2ccccc2)c2ccccc2)CC1. The van der Waals surface area contributed by atoms with Crippen molar-refractivity contribution in [1.29, 1.82) is 0 Å². The second-order valence-corrected chi connectivity index (χ2v) is 6.70. The Bertz CT molecular complexity index is 826. The Morgan fingerprint density at radius 2 is 1.70 bits per heavy atom. The van der Waals surface area contributed by atoms with Crippen LogP contribution in [0.25, 0.3) is 0 Å². The number of carbonyl (C=O) groups is 1. The number of carbonyl (C=O) groups excluding carboxylic acids is 1. The van der Waals surface area contributed by atoms with Gasteiger partial charge in [-0.25, -0.2) is 4.79 Å². The number of esters is 1. The van der Waals surface area contributed by atoms with E-state index in [4.69, 9.17) is 9.84 Å². The average molecular weight is 362 g/mol. The summed E-state index contributed by atoms with van der Waals surface area (Å²) in [5.74, 6) is -0.182. The van der Waals surface area contributed by atoms with Gasteiger partial charge in [-0.15, -0.1) is 0 Å². The summed E-state index contributed by atoms with van der Waals surface area (Å²) in [6.45, 7) is 4.97. The third kappa shape index (κ3) is 5.07. The van der Waals surface area contributed by atoms with E-state index in [9.17, 15) is 4.79 Å². The van der Waals surface area contributed by atoms with Gasteiger partial charge in [0, 0.05) is 17.7 Å². The Balaban J connectivity index is 1.83. The van der Waals surface area contributed by atoms with Gasteiger partial charge in [0.2, 0.25) is 0 Å². The lowest BCUT2D eigenvalue weighted by Gasteiger charge is -2.24. The minimum atomic E-state index is -0.182. The number of hydrazone groups is 1. The van der Waals surface area contributed by atoms with E-state index in [-0.39, 0.29) is 5.97 Å². The molecule has 3 rings (SSSR count). The highest BCUT2D eigenvalue weighted by Crippen LogP contribution is 2.26. The van der Waals surface area contributed by atoms with Crippen LogP contribution < -0.4 is 5.01 Å². The molecule has 2 aromatic carbocycles. The highest BCUT2D eigenvalue weighted by molar-refractivity contribution is 5.96. The molecule has 4 nitrogen and oxygen atoms in total. The number of benzene rings is 2. The predicted octanol–water partition coefficient (Wildman–Crippen LogP) is 5.11. The summed E-state index contributed by atoms with van der Waals surface area (Å²) in [6.07, 6.45) is 2.19. The summed E-state index contributed by atoms with van der Waals surface area (Å²) in [7, 11) is 0. The minimum absolute atomic E-state index is 0.182. The number of allylic oxidation sites excluding steroid dienone is 1. The van der Waals surface area contributed by atoms with Crippen LogP contribution in [0.15, 0.2) is 76.9 Å². The summed E-state index contributed by atoms with van der Waals surface area (Å²) in [4.78, 5) is 12.1. The van der Waals surface area contributed by atoms with Crippen LogP contribution >= 0.6 is 0 Å².